The van der Waals surface area contributed by atoms with Crippen molar-refractivity contribution in [2.75, 3.05) is 0 Å². The van der Waals surface area contributed by atoms with Gasteiger partial charge in [0.2, 0.25) is 0 Å². The summed E-state index contributed by atoms with van der Waals surface area (Å²) in [6.07, 6.45) is 3.00. The zero-order valence-electron chi connectivity index (χ0n) is 5.53. The molecule has 1 nitrogen and oxygen atoms in total. The molecule has 0 aromatic rings. The molecule has 0 unspecified atom stereocenters. The zero-order valence-corrected chi connectivity index (χ0v) is 5.53. The number of Topliss-reactive ketones (excluding diaryl/α,β-unsaturated/α-hetero) is 1. The van der Waals surface area contributed by atoms with Crippen LogP contribution in [0.5, 0.6) is 0 Å². The molecule has 0 heterocycles. The van der Waals surface area contributed by atoms with Gasteiger partial charge in [0.05, 0.1) is 0 Å². The topological polar surface area (TPSA) is 17.1 Å². The van der Waals surface area contributed by atoms with Crippen molar-refractivity contribution in [3.05, 3.63) is 0 Å². The molecule has 46 valence electrons. The van der Waals surface area contributed by atoms with E-state index in [0.717, 1.165) is 19.3 Å². The van der Waals surface area contributed by atoms with Crippen molar-refractivity contribution < 1.29 is 4.79 Å². The lowest BCUT2D eigenvalue weighted by Crippen LogP contribution is -2.15. The maximum absolute atomic E-state index is 10.9. The highest BCUT2D eigenvalue weighted by molar-refractivity contribution is 5.85. The molecule has 0 saturated heterocycles. The molecule has 0 bridgehead atoms. The smallest absolute Gasteiger partial charge is 0.138 e. The van der Waals surface area contributed by atoms with Crippen LogP contribution >= 0.6 is 0 Å². The lowest BCUT2D eigenvalue weighted by molar-refractivity contribution is -0.124. The third-order valence-electron chi connectivity index (χ3n) is 1.96. The first kappa shape index (κ1) is 5.80. The Morgan fingerprint density at radius 2 is 2.12 bits per heavy atom. The summed E-state index contributed by atoms with van der Waals surface area (Å²) < 4.78 is 0. The second-order valence-corrected chi connectivity index (χ2v) is 3.16. The number of hydrogen-bond donors (Lipinski definition) is 0. The molecule has 8 heavy (non-hydrogen) atoms. The van der Waals surface area contributed by atoms with Gasteiger partial charge < -0.3 is 0 Å². The monoisotopic (exact) mass is 112 g/mol. The Hall–Kier alpha value is -0.330. The van der Waals surface area contributed by atoms with Crippen LogP contribution in [0.3, 0.4) is 0 Å². The Balaban J connectivity index is 2.68. The van der Waals surface area contributed by atoms with Gasteiger partial charge in [0.1, 0.15) is 5.78 Å². The van der Waals surface area contributed by atoms with Crippen molar-refractivity contribution in [1.29, 1.82) is 0 Å². The Kier molecular flexibility index (Phi) is 1.14. The van der Waals surface area contributed by atoms with E-state index >= 15 is 0 Å². The van der Waals surface area contributed by atoms with E-state index in [4.69, 9.17) is 0 Å². The number of ketones is 1. The molecule has 0 spiro atoms. The minimum atomic E-state index is 0.0139. The fourth-order valence-corrected chi connectivity index (χ4v) is 1.17. The highest BCUT2D eigenvalue weighted by Crippen LogP contribution is 2.32. The van der Waals surface area contributed by atoms with Gasteiger partial charge in [-0.1, -0.05) is 13.8 Å². The molecule has 0 amide bonds. The molecule has 0 aromatic carbocycles. The summed E-state index contributed by atoms with van der Waals surface area (Å²) in [5, 5.41) is 0. The van der Waals surface area contributed by atoms with Crippen LogP contribution in [0, 0.1) is 5.41 Å². The molecule has 0 aromatic heterocycles. The lowest BCUT2D eigenvalue weighted by atomic mass is 9.91. The molecular formula is C7H12O. The third-order valence-corrected chi connectivity index (χ3v) is 1.96. The highest BCUT2D eigenvalue weighted by Gasteiger charge is 2.31. The van der Waals surface area contributed by atoms with Gasteiger partial charge in [-0.05, 0) is 12.8 Å². The van der Waals surface area contributed by atoms with Gasteiger partial charge in [-0.2, -0.15) is 0 Å². The average molecular weight is 112 g/mol. The normalized spacial score (nSPS) is 26.5. The van der Waals surface area contributed by atoms with E-state index < -0.39 is 0 Å². The Labute approximate surface area is 50.1 Å². The largest absolute Gasteiger partial charge is 0.299 e. The quantitative estimate of drug-likeness (QED) is 0.466. The minimum absolute atomic E-state index is 0.0139. The van der Waals surface area contributed by atoms with Crippen LogP contribution in [0.25, 0.3) is 0 Å². The first-order valence-electron chi connectivity index (χ1n) is 3.16. The van der Waals surface area contributed by atoms with Crippen LogP contribution in [-0.4, -0.2) is 5.78 Å². The van der Waals surface area contributed by atoms with Crippen LogP contribution in [0.15, 0.2) is 0 Å². The van der Waals surface area contributed by atoms with Crippen molar-refractivity contribution in [2.24, 2.45) is 5.41 Å². The highest BCUT2D eigenvalue weighted by atomic mass is 16.1. The predicted octanol–water partition coefficient (Wildman–Crippen LogP) is 1.77. The summed E-state index contributed by atoms with van der Waals surface area (Å²) in [6, 6.07) is 0. The van der Waals surface area contributed by atoms with Gasteiger partial charge in [0.15, 0.2) is 0 Å². The van der Waals surface area contributed by atoms with Crippen molar-refractivity contribution in [3.63, 3.8) is 0 Å². The first-order chi connectivity index (χ1) is 3.63. The predicted molar refractivity (Wildman–Crippen MR) is 32.6 cm³/mol. The average Bonchev–Trinajstić information content (AvgIpc) is 1.86. The molecule has 1 saturated carbocycles. The minimum Gasteiger partial charge on any atom is -0.299 e. The first-order valence-corrected chi connectivity index (χ1v) is 3.16. The van der Waals surface area contributed by atoms with E-state index in [1.54, 1.807) is 0 Å². The van der Waals surface area contributed by atoms with Crippen molar-refractivity contribution in [2.45, 2.75) is 33.1 Å². The lowest BCUT2D eigenvalue weighted by Gasteiger charge is -2.12. The van der Waals surface area contributed by atoms with E-state index in [-0.39, 0.29) is 5.41 Å². The zero-order chi connectivity index (χ0) is 6.20. The van der Waals surface area contributed by atoms with E-state index in [2.05, 4.69) is 0 Å². The van der Waals surface area contributed by atoms with Gasteiger partial charge in [-0.15, -0.1) is 0 Å². The van der Waals surface area contributed by atoms with Crippen LogP contribution < -0.4 is 0 Å². The summed E-state index contributed by atoms with van der Waals surface area (Å²) in [5.41, 5.74) is 0.0139. The van der Waals surface area contributed by atoms with E-state index in [9.17, 15) is 4.79 Å². The molecule has 1 aliphatic rings. The molecule has 1 heteroatoms. The van der Waals surface area contributed by atoms with Gasteiger partial charge in [0.25, 0.3) is 0 Å². The molecule has 0 aliphatic heterocycles. The maximum Gasteiger partial charge on any atom is 0.138 e. The molecule has 1 aliphatic carbocycles. The number of hydrogen-bond acceptors (Lipinski definition) is 1. The number of rotatable bonds is 0. The maximum atomic E-state index is 10.9. The summed E-state index contributed by atoms with van der Waals surface area (Å²) in [6.45, 7) is 4.06. The van der Waals surface area contributed by atoms with Gasteiger partial charge in [-0.25, -0.2) is 0 Å². The fourth-order valence-electron chi connectivity index (χ4n) is 1.17. The van der Waals surface area contributed by atoms with Gasteiger partial charge >= 0.3 is 0 Å². The Morgan fingerprint density at radius 1 is 1.50 bits per heavy atom. The van der Waals surface area contributed by atoms with Crippen LogP contribution in [0.4, 0.5) is 0 Å². The second-order valence-electron chi connectivity index (χ2n) is 3.16. The molecular weight excluding hydrogens is 100 g/mol. The summed E-state index contributed by atoms with van der Waals surface area (Å²) in [4.78, 5) is 10.9. The molecule has 0 atom stereocenters. The summed E-state index contributed by atoms with van der Waals surface area (Å²) in [5.74, 6) is 0.442. The van der Waals surface area contributed by atoms with Crippen LogP contribution in [-0.2, 0) is 4.79 Å². The van der Waals surface area contributed by atoms with Crippen molar-refractivity contribution >= 4 is 5.78 Å². The SMILES string of the molecule is CC1(C)CCCC1=O. The summed E-state index contributed by atoms with van der Waals surface area (Å²) in [7, 11) is 0. The third kappa shape index (κ3) is 0.770. The number of carbonyl (C=O) groups excluding carboxylic acids is 1. The van der Waals surface area contributed by atoms with Crippen molar-refractivity contribution in [3.8, 4) is 0 Å². The number of carbonyl (C=O) groups is 1. The van der Waals surface area contributed by atoms with E-state index in [1.807, 2.05) is 13.8 Å². The van der Waals surface area contributed by atoms with Gasteiger partial charge in [-0.3, -0.25) is 4.79 Å². The second kappa shape index (κ2) is 1.57. The Morgan fingerprint density at radius 3 is 2.25 bits per heavy atom. The van der Waals surface area contributed by atoms with Crippen molar-refractivity contribution in [1.82, 2.24) is 0 Å². The summed E-state index contributed by atoms with van der Waals surface area (Å²) >= 11 is 0. The molecule has 0 radical (unpaired) electrons. The van der Waals surface area contributed by atoms with Crippen LogP contribution in [0.1, 0.15) is 33.1 Å². The Bertz CT molecular complexity index is 114. The standard InChI is InChI=1S/C7H12O/c1-7(2)5-3-4-6(7)8/h3-5H2,1-2H3. The molecule has 1 rings (SSSR count). The van der Waals surface area contributed by atoms with Crippen LogP contribution in [0.2, 0.25) is 0 Å². The molecule has 0 N–H and O–H groups in total. The van der Waals surface area contributed by atoms with E-state index in [0.29, 0.717) is 5.78 Å². The van der Waals surface area contributed by atoms with E-state index in [1.165, 1.54) is 0 Å². The molecule has 1 fully saturated rings. The van der Waals surface area contributed by atoms with Gasteiger partial charge in [0, 0.05) is 11.8 Å². The fraction of sp³-hybridized carbons (Fsp3) is 0.857.